The smallest absolute Gasteiger partial charge is 0.361 e. The minimum Gasteiger partial charge on any atom is -0.710 e. The fourth-order valence-electron chi connectivity index (χ4n) is 1.91. The van der Waals surface area contributed by atoms with Crippen molar-refractivity contribution in [3.63, 3.8) is 0 Å². The van der Waals surface area contributed by atoms with E-state index in [9.17, 15) is 14.8 Å². The summed E-state index contributed by atoms with van der Waals surface area (Å²) in [5.74, 6) is -0.0525. The highest BCUT2D eigenvalue weighted by atomic mass is 35.5. The van der Waals surface area contributed by atoms with Crippen LogP contribution in [0.4, 0.5) is 0 Å². The van der Waals surface area contributed by atoms with E-state index < -0.39 is 11.2 Å². The zero-order valence-electron chi connectivity index (χ0n) is 10.7. The average Bonchev–Trinajstić information content (AvgIpc) is 2.45. The third kappa shape index (κ3) is 2.05. The Hall–Kier alpha value is -2.74. The number of hydrogen-bond donors (Lipinski definition) is 1. The minimum absolute atomic E-state index is 0.0525. The predicted octanol–water partition coefficient (Wildman–Crippen LogP) is -0.0294. The zero-order valence-corrected chi connectivity index (χ0v) is 11.5. The molecule has 0 radical (unpaired) electrons. The van der Waals surface area contributed by atoms with Gasteiger partial charge in [-0.3, -0.25) is 14.3 Å². The molecule has 0 fully saturated rings. The number of hydrogen-bond acceptors (Lipinski definition) is 5. The first-order valence-electron chi connectivity index (χ1n) is 5.84. The van der Waals surface area contributed by atoms with E-state index in [-0.39, 0.29) is 17.0 Å². The summed E-state index contributed by atoms with van der Waals surface area (Å²) in [6.07, 6.45) is 0. The largest absolute Gasteiger partial charge is 0.710 e. The Morgan fingerprint density at radius 1 is 1.24 bits per heavy atom. The number of halogens is 1. The molecule has 3 aromatic rings. The van der Waals surface area contributed by atoms with E-state index >= 15 is 0 Å². The average molecular weight is 306 g/mol. The van der Waals surface area contributed by atoms with Gasteiger partial charge in [-0.05, 0) is 29.4 Å². The quantitative estimate of drug-likeness (QED) is 0.502. The summed E-state index contributed by atoms with van der Waals surface area (Å²) < 4.78 is 1.40. The van der Waals surface area contributed by atoms with Crippen molar-refractivity contribution < 1.29 is 4.73 Å². The lowest BCUT2D eigenvalue weighted by Crippen LogP contribution is -2.41. The second-order valence-electron chi connectivity index (χ2n) is 4.32. The molecule has 0 aliphatic heterocycles. The Labute approximate surface area is 121 Å². The van der Waals surface area contributed by atoms with Gasteiger partial charge in [0.2, 0.25) is 11.2 Å². The predicted molar refractivity (Wildman–Crippen MR) is 74.8 cm³/mol. The van der Waals surface area contributed by atoms with Gasteiger partial charge >= 0.3 is 17.1 Å². The van der Waals surface area contributed by atoms with Gasteiger partial charge in [0.05, 0.1) is 10.7 Å². The molecule has 2 aromatic heterocycles. The van der Waals surface area contributed by atoms with E-state index in [0.29, 0.717) is 15.3 Å². The Morgan fingerprint density at radius 2 is 1.90 bits per heavy atom. The fraction of sp³-hybridized carbons (Fsp3) is 0.0833. The van der Waals surface area contributed by atoms with Crippen LogP contribution in [0.3, 0.4) is 0 Å². The fourth-order valence-corrected chi connectivity index (χ4v) is 2.04. The monoisotopic (exact) mass is 305 g/mol. The minimum atomic E-state index is -0.812. The first-order chi connectivity index (χ1) is 9.99. The van der Waals surface area contributed by atoms with Crippen LogP contribution in [-0.4, -0.2) is 19.7 Å². The van der Waals surface area contributed by atoms with Gasteiger partial charge in [-0.15, -0.1) is 0 Å². The second-order valence-corrected chi connectivity index (χ2v) is 4.75. The molecule has 8 nitrogen and oxygen atoms in total. The topological polar surface area (TPSA) is 108 Å². The van der Waals surface area contributed by atoms with E-state index in [1.165, 1.54) is 7.05 Å². The van der Waals surface area contributed by atoms with Crippen LogP contribution in [0.1, 0.15) is 0 Å². The molecule has 0 amide bonds. The molecule has 0 aliphatic rings. The van der Waals surface area contributed by atoms with E-state index in [0.717, 1.165) is 4.57 Å². The number of nitrogens with one attached hydrogen (secondary N) is 1. The van der Waals surface area contributed by atoms with Crippen LogP contribution in [0.5, 0.6) is 0 Å². The summed E-state index contributed by atoms with van der Waals surface area (Å²) in [7, 11) is 1.39. The number of aromatic amines is 1. The van der Waals surface area contributed by atoms with Crippen LogP contribution in [0.2, 0.25) is 5.02 Å². The van der Waals surface area contributed by atoms with Crippen LogP contribution in [0.15, 0.2) is 33.9 Å². The molecule has 0 unspecified atom stereocenters. The van der Waals surface area contributed by atoms with Crippen molar-refractivity contribution in [1.82, 2.24) is 19.7 Å². The van der Waals surface area contributed by atoms with Crippen molar-refractivity contribution in [1.29, 1.82) is 0 Å². The van der Waals surface area contributed by atoms with Crippen LogP contribution in [-0.2, 0) is 7.05 Å². The highest BCUT2D eigenvalue weighted by Gasteiger charge is 2.20. The number of H-pyrrole nitrogens is 1. The van der Waals surface area contributed by atoms with E-state index in [1.54, 1.807) is 24.3 Å². The van der Waals surface area contributed by atoms with E-state index in [2.05, 4.69) is 15.2 Å². The number of fused-ring (bicyclic) bond motifs is 1. The molecule has 106 valence electrons. The van der Waals surface area contributed by atoms with Crippen LogP contribution in [0, 0.1) is 5.21 Å². The summed E-state index contributed by atoms with van der Waals surface area (Å²) in [6, 6.07) is 6.35. The maximum absolute atomic E-state index is 12.3. The molecular formula is C12H8ClN5O3. The van der Waals surface area contributed by atoms with Gasteiger partial charge in [-0.25, -0.2) is 9.52 Å². The Morgan fingerprint density at radius 3 is 2.57 bits per heavy atom. The van der Waals surface area contributed by atoms with Crippen molar-refractivity contribution in [2.45, 2.75) is 0 Å². The van der Waals surface area contributed by atoms with Crippen LogP contribution < -0.4 is 16.0 Å². The molecule has 0 saturated carbocycles. The lowest BCUT2D eigenvalue weighted by atomic mass is 10.2. The SMILES string of the molecule is Cn1c(=O)[nH]c(=O)c2c1nnc(-c1ccc(Cl)cc1)[n+]2[O-]. The van der Waals surface area contributed by atoms with E-state index in [4.69, 9.17) is 11.6 Å². The van der Waals surface area contributed by atoms with Crippen molar-refractivity contribution in [2.75, 3.05) is 0 Å². The van der Waals surface area contributed by atoms with Gasteiger partial charge < -0.3 is 5.21 Å². The third-order valence-electron chi connectivity index (χ3n) is 3.01. The van der Waals surface area contributed by atoms with Crippen molar-refractivity contribution in [3.8, 4) is 11.4 Å². The molecule has 0 spiro atoms. The highest BCUT2D eigenvalue weighted by Crippen LogP contribution is 2.16. The highest BCUT2D eigenvalue weighted by molar-refractivity contribution is 6.30. The Kier molecular flexibility index (Phi) is 2.95. The Bertz CT molecular complexity index is 962. The molecule has 1 N–H and O–H groups in total. The molecular weight excluding hydrogens is 298 g/mol. The first-order valence-corrected chi connectivity index (χ1v) is 6.22. The zero-order chi connectivity index (χ0) is 15.1. The number of benzene rings is 1. The normalized spacial score (nSPS) is 11.0. The second kappa shape index (κ2) is 4.67. The summed E-state index contributed by atoms with van der Waals surface area (Å²) >= 11 is 5.78. The molecule has 0 bridgehead atoms. The molecule has 2 heterocycles. The number of rotatable bonds is 1. The maximum atomic E-state index is 12.3. The number of aromatic nitrogens is 5. The van der Waals surface area contributed by atoms with Crippen LogP contribution in [0.25, 0.3) is 22.6 Å². The number of nitrogens with zero attached hydrogens (tertiary/aromatic N) is 4. The maximum Gasteiger partial charge on any atom is 0.361 e. The standard InChI is InChI=1S/C12H8ClN5O3/c1-17-10-8(11(19)14-12(17)20)18(21)9(15-16-10)6-2-4-7(13)5-3-6/h2-5H,1H3,(H,14,19,20). The Balaban J connectivity index is 2.38. The van der Waals surface area contributed by atoms with E-state index in [1.807, 2.05) is 0 Å². The molecule has 21 heavy (non-hydrogen) atoms. The van der Waals surface area contributed by atoms with Crippen molar-refractivity contribution >= 4 is 22.8 Å². The van der Waals surface area contributed by atoms with Gasteiger partial charge in [-0.1, -0.05) is 11.6 Å². The van der Waals surface area contributed by atoms with Crippen molar-refractivity contribution in [3.05, 3.63) is 55.3 Å². The summed E-state index contributed by atoms with van der Waals surface area (Å²) in [5, 5.41) is 20.4. The van der Waals surface area contributed by atoms with Gasteiger partial charge in [0.15, 0.2) is 0 Å². The summed E-state index contributed by atoms with van der Waals surface area (Å²) in [6.45, 7) is 0. The molecule has 0 saturated heterocycles. The first kappa shape index (κ1) is 13.3. The molecule has 3 rings (SSSR count). The number of aryl methyl sites for hydroxylation is 1. The third-order valence-corrected chi connectivity index (χ3v) is 3.26. The van der Waals surface area contributed by atoms with Crippen molar-refractivity contribution in [2.24, 2.45) is 7.05 Å². The lowest BCUT2D eigenvalue weighted by Gasteiger charge is -2.08. The summed E-state index contributed by atoms with van der Waals surface area (Å²) in [5.41, 5.74) is -1.39. The molecule has 1 aromatic carbocycles. The summed E-state index contributed by atoms with van der Waals surface area (Å²) in [4.78, 5) is 25.4. The van der Waals surface area contributed by atoms with Crippen LogP contribution >= 0.6 is 11.6 Å². The van der Waals surface area contributed by atoms with Gasteiger partial charge in [0.1, 0.15) is 0 Å². The molecule has 0 aliphatic carbocycles. The molecule has 0 atom stereocenters. The van der Waals surface area contributed by atoms with Gasteiger partial charge in [0, 0.05) is 12.1 Å². The van der Waals surface area contributed by atoms with Gasteiger partial charge in [0.25, 0.3) is 0 Å². The lowest BCUT2D eigenvalue weighted by molar-refractivity contribution is -0.569. The van der Waals surface area contributed by atoms with Gasteiger partial charge in [-0.2, -0.15) is 0 Å². The molecule has 9 heteroatoms.